The highest BCUT2D eigenvalue weighted by Gasteiger charge is 2.31. The number of methoxy groups -OCH3 is 1. The van der Waals surface area contributed by atoms with Crippen LogP contribution in [-0.4, -0.2) is 65.0 Å². The largest absolute Gasteiger partial charge is 0.492 e. The number of carbonyl (C=O) groups excluding carboxylic acids is 2. The zero-order valence-electron chi connectivity index (χ0n) is 22.2. The van der Waals surface area contributed by atoms with Gasteiger partial charge in [0.15, 0.2) is 11.6 Å². The van der Waals surface area contributed by atoms with Crippen molar-refractivity contribution in [1.29, 1.82) is 0 Å². The Balaban J connectivity index is 1.53. The fourth-order valence-electron chi connectivity index (χ4n) is 6.29. The minimum Gasteiger partial charge on any atom is -0.492 e. The summed E-state index contributed by atoms with van der Waals surface area (Å²) in [5.41, 5.74) is 3.43. The standard InChI is InChI=1S/C30H30FN5O4/c1-39-29-20(31)9-18-10-22(29)34-28-25-26-17(12-33-30(25)38)6-2-3-7-24(37)36-8-4-5-16(14-36)15-40-23-13-32-21(18)11-19(23)27(28)35-26/h2-3,9-11,13,16-17,34-35H,4-8,12,14-15H2,1H3,(H,33,38)/b3-2+. The topological polar surface area (TPSA) is 112 Å². The number of aromatic amines is 2. The van der Waals surface area contributed by atoms with Crippen LogP contribution < -0.4 is 14.8 Å². The molecule has 3 aromatic heterocycles. The SMILES string of the molecule is COc1c(F)cc2cc1[nH]c1c3c4[nH]c1c1cc2ncc1OCC1CCCN(C1)C(=O)C/C=C/CC4CNC3=O. The van der Waals surface area contributed by atoms with E-state index in [-0.39, 0.29) is 29.4 Å². The molecule has 0 radical (unpaired) electrons. The molecule has 9 nitrogen and oxygen atoms in total. The summed E-state index contributed by atoms with van der Waals surface area (Å²) in [7, 11) is 1.42. The van der Waals surface area contributed by atoms with Gasteiger partial charge in [-0.1, -0.05) is 12.2 Å². The number of fused-ring (bicyclic) bond motifs is 7. The van der Waals surface area contributed by atoms with Crippen LogP contribution >= 0.6 is 0 Å². The highest BCUT2D eigenvalue weighted by Crippen LogP contribution is 2.38. The van der Waals surface area contributed by atoms with Crippen molar-refractivity contribution in [2.45, 2.75) is 31.6 Å². The number of nitrogens with zero attached hydrogens (tertiary/aromatic N) is 2. The molecule has 3 aliphatic heterocycles. The second kappa shape index (κ2) is 9.69. The van der Waals surface area contributed by atoms with Gasteiger partial charge >= 0.3 is 0 Å². The van der Waals surface area contributed by atoms with Crippen LogP contribution in [0.5, 0.6) is 11.5 Å². The molecule has 206 valence electrons. The van der Waals surface area contributed by atoms with Crippen LogP contribution in [0.3, 0.4) is 0 Å². The summed E-state index contributed by atoms with van der Waals surface area (Å²) in [6, 6.07) is 5.05. The molecule has 3 aliphatic rings. The lowest BCUT2D eigenvalue weighted by molar-refractivity contribution is -0.132. The zero-order valence-corrected chi connectivity index (χ0v) is 22.2. The number of pyridine rings is 1. The van der Waals surface area contributed by atoms with Gasteiger partial charge < -0.3 is 29.7 Å². The molecule has 1 saturated heterocycles. The maximum Gasteiger partial charge on any atom is 0.255 e. The molecule has 7 rings (SSSR count). The monoisotopic (exact) mass is 543 g/mol. The van der Waals surface area contributed by atoms with Gasteiger partial charge in [0.05, 0.1) is 47.5 Å². The first-order valence-electron chi connectivity index (χ1n) is 13.7. The van der Waals surface area contributed by atoms with Crippen molar-refractivity contribution in [2.24, 2.45) is 5.92 Å². The van der Waals surface area contributed by atoms with Gasteiger partial charge in [0.2, 0.25) is 5.91 Å². The maximum absolute atomic E-state index is 15.2. The van der Waals surface area contributed by atoms with E-state index in [1.807, 2.05) is 23.1 Å². The van der Waals surface area contributed by atoms with E-state index in [9.17, 15) is 9.59 Å². The fraction of sp³-hybridized carbons (Fsp3) is 0.367. The Labute approximate surface area is 229 Å². The van der Waals surface area contributed by atoms with E-state index in [4.69, 9.17) is 9.47 Å². The smallest absolute Gasteiger partial charge is 0.255 e. The number of halogens is 1. The second-order valence-corrected chi connectivity index (χ2v) is 10.9. The van der Waals surface area contributed by atoms with Crippen molar-refractivity contribution < 1.29 is 23.5 Å². The average molecular weight is 544 g/mol. The zero-order chi connectivity index (χ0) is 27.4. The van der Waals surface area contributed by atoms with Crippen molar-refractivity contribution in [3.63, 3.8) is 0 Å². The molecule has 0 spiro atoms. The molecule has 0 aliphatic carbocycles. The number of allylic oxidation sites excluding steroid dienone is 1. The normalized spacial score (nSPS) is 22.1. The number of nitrogens with one attached hydrogen (secondary N) is 3. The Bertz CT molecular complexity index is 1740. The van der Waals surface area contributed by atoms with Gasteiger partial charge in [0.1, 0.15) is 5.75 Å². The number of hydrogen-bond acceptors (Lipinski definition) is 5. The number of benzene rings is 1. The van der Waals surface area contributed by atoms with Crippen molar-refractivity contribution in [2.75, 3.05) is 33.4 Å². The van der Waals surface area contributed by atoms with E-state index in [0.717, 1.165) is 30.5 Å². The molecule has 2 atom stereocenters. The van der Waals surface area contributed by atoms with E-state index in [1.54, 1.807) is 12.3 Å². The minimum atomic E-state index is -0.530. The highest BCUT2D eigenvalue weighted by atomic mass is 19.1. The Morgan fingerprint density at radius 3 is 2.92 bits per heavy atom. The van der Waals surface area contributed by atoms with Crippen LogP contribution in [0.25, 0.3) is 32.8 Å². The first kappa shape index (κ1) is 24.7. The van der Waals surface area contributed by atoms with Gasteiger partial charge in [-0.05, 0) is 37.5 Å². The third kappa shape index (κ3) is 4.09. The quantitative estimate of drug-likeness (QED) is 0.301. The van der Waals surface area contributed by atoms with E-state index < -0.39 is 5.82 Å². The van der Waals surface area contributed by atoms with Gasteiger partial charge in [-0.15, -0.1) is 0 Å². The molecule has 0 saturated carbocycles. The predicted molar refractivity (Wildman–Crippen MR) is 149 cm³/mol. The van der Waals surface area contributed by atoms with E-state index in [1.165, 1.54) is 13.2 Å². The van der Waals surface area contributed by atoms with Crippen LogP contribution in [-0.2, 0) is 4.79 Å². The number of piperidine rings is 1. The van der Waals surface area contributed by atoms with Gasteiger partial charge in [-0.3, -0.25) is 14.6 Å². The molecule has 40 heavy (non-hydrogen) atoms. The van der Waals surface area contributed by atoms with Crippen molar-refractivity contribution >= 4 is 44.7 Å². The van der Waals surface area contributed by atoms with Crippen LogP contribution in [0.15, 0.2) is 36.5 Å². The summed E-state index contributed by atoms with van der Waals surface area (Å²) in [5.74, 6) is 0.126. The summed E-state index contributed by atoms with van der Waals surface area (Å²) >= 11 is 0. The molecular weight excluding hydrogens is 513 g/mol. The van der Waals surface area contributed by atoms with Gasteiger partial charge in [-0.2, -0.15) is 0 Å². The van der Waals surface area contributed by atoms with Crippen LogP contribution in [0.2, 0.25) is 0 Å². The number of rotatable bonds is 1. The minimum absolute atomic E-state index is 0.0424. The molecule has 2 amide bonds. The highest BCUT2D eigenvalue weighted by molar-refractivity contribution is 6.12. The Morgan fingerprint density at radius 2 is 2.05 bits per heavy atom. The maximum atomic E-state index is 15.2. The molecule has 6 heterocycles. The molecular formula is C30H30FN5O4. The first-order valence-corrected chi connectivity index (χ1v) is 13.7. The summed E-state index contributed by atoms with van der Waals surface area (Å²) < 4.78 is 27.0. The summed E-state index contributed by atoms with van der Waals surface area (Å²) in [4.78, 5) is 39.7. The first-order chi connectivity index (χ1) is 19.5. The fourth-order valence-corrected chi connectivity index (χ4v) is 6.29. The lowest BCUT2D eigenvalue weighted by Gasteiger charge is -2.32. The van der Waals surface area contributed by atoms with Crippen molar-refractivity contribution in [3.05, 3.63) is 53.6 Å². The van der Waals surface area contributed by atoms with Crippen LogP contribution in [0, 0.1) is 11.7 Å². The number of carbonyl (C=O) groups is 2. The summed E-state index contributed by atoms with van der Waals surface area (Å²) in [5, 5.41) is 4.31. The summed E-state index contributed by atoms with van der Waals surface area (Å²) in [6.45, 7) is 2.30. The third-order valence-corrected chi connectivity index (χ3v) is 8.34. The molecule has 4 aromatic rings. The van der Waals surface area contributed by atoms with E-state index in [2.05, 4.69) is 20.3 Å². The molecule has 1 aromatic carbocycles. The molecule has 1 fully saturated rings. The number of aromatic nitrogens is 3. The number of hydrogen-bond donors (Lipinski definition) is 3. The second-order valence-electron chi connectivity index (χ2n) is 10.9. The number of H-pyrrole nitrogens is 2. The Morgan fingerprint density at radius 1 is 1.15 bits per heavy atom. The van der Waals surface area contributed by atoms with E-state index in [0.29, 0.717) is 71.3 Å². The summed E-state index contributed by atoms with van der Waals surface area (Å²) in [6.07, 6.45) is 8.50. The molecule has 8 bridgehead atoms. The lowest BCUT2D eigenvalue weighted by Crippen LogP contribution is -2.41. The Hall–Kier alpha value is -4.34. The van der Waals surface area contributed by atoms with Gasteiger partial charge in [0.25, 0.3) is 5.91 Å². The van der Waals surface area contributed by atoms with Crippen LogP contribution in [0.1, 0.15) is 47.7 Å². The molecule has 3 N–H and O–H groups in total. The Kier molecular flexibility index (Phi) is 5.98. The number of amides is 2. The average Bonchev–Trinajstić information content (AvgIpc) is 3.35. The predicted octanol–water partition coefficient (Wildman–Crippen LogP) is 4.70. The molecule has 2 unspecified atom stereocenters. The van der Waals surface area contributed by atoms with Crippen molar-refractivity contribution in [1.82, 2.24) is 25.2 Å². The van der Waals surface area contributed by atoms with Crippen LogP contribution in [0.4, 0.5) is 4.39 Å². The van der Waals surface area contributed by atoms with Gasteiger partial charge in [0, 0.05) is 54.4 Å². The lowest BCUT2D eigenvalue weighted by atomic mass is 9.93. The third-order valence-electron chi connectivity index (χ3n) is 8.34. The van der Waals surface area contributed by atoms with Gasteiger partial charge in [-0.25, -0.2) is 4.39 Å². The molecule has 10 heteroatoms. The van der Waals surface area contributed by atoms with E-state index >= 15 is 4.39 Å². The number of ether oxygens (including phenoxy) is 2. The van der Waals surface area contributed by atoms with Crippen molar-refractivity contribution in [3.8, 4) is 11.5 Å².